The lowest BCUT2D eigenvalue weighted by atomic mass is 10.1. The SMILES string of the molecule is CCO[C@@H](Cc1ccc(OCCn2c(C)ccc2-c2ccc(SC)cc2)cc1)C(=O)ONCc1ccccc1. The van der Waals surface area contributed by atoms with Crippen LogP contribution in [0.3, 0.4) is 0 Å². The molecule has 0 fully saturated rings. The lowest BCUT2D eigenvalue weighted by Crippen LogP contribution is -2.33. The van der Waals surface area contributed by atoms with Gasteiger partial charge in [0.1, 0.15) is 12.4 Å². The molecule has 39 heavy (non-hydrogen) atoms. The second-order valence-corrected chi connectivity index (χ2v) is 9.99. The molecule has 0 saturated carbocycles. The van der Waals surface area contributed by atoms with Crippen LogP contribution in [0.5, 0.6) is 5.75 Å². The zero-order chi connectivity index (χ0) is 27.5. The Bertz CT molecular complexity index is 1300. The summed E-state index contributed by atoms with van der Waals surface area (Å²) in [5.41, 5.74) is 8.32. The lowest BCUT2D eigenvalue weighted by molar-refractivity contribution is -0.165. The van der Waals surface area contributed by atoms with Gasteiger partial charge in [0, 0.05) is 29.3 Å². The van der Waals surface area contributed by atoms with Crippen molar-refractivity contribution in [3.8, 4) is 17.0 Å². The van der Waals surface area contributed by atoms with Gasteiger partial charge in [0.15, 0.2) is 6.10 Å². The molecule has 0 spiro atoms. The second-order valence-electron chi connectivity index (χ2n) is 9.11. The van der Waals surface area contributed by atoms with E-state index in [1.807, 2.05) is 61.5 Å². The van der Waals surface area contributed by atoms with E-state index < -0.39 is 12.1 Å². The van der Waals surface area contributed by atoms with Gasteiger partial charge in [-0.15, -0.1) is 17.2 Å². The van der Waals surface area contributed by atoms with Gasteiger partial charge in [-0.2, -0.15) is 0 Å². The van der Waals surface area contributed by atoms with Gasteiger partial charge in [-0.05, 0) is 73.2 Å². The van der Waals surface area contributed by atoms with E-state index in [-0.39, 0.29) is 0 Å². The fraction of sp³-hybridized carbons (Fsp3) is 0.281. The highest BCUT2D eigenvalue weighted by Gasteiger charge is 2.21. The highest BCUT2D eigenvalue weighted by Crippen LogP contribution is 2.25. The fourth-order valence-corrected chi connectivity index (χ4v) is 4.74. The highest BCUT2D eigenvalue weighted by atomic mass is 32.2. The van der Waals surface area contributed by atoms with Gasteiger partial charge < -0.3 is 18.9 Å². The van der Waals surface area contributed by atoms with Crippen molar-refractivity contribution in [3.63, 3.8) is 0 Å². The normalized spacial score (nSPS) is 11.8. The topological polar surface area (TPSA) is 61.7 Å². The number of hydroxylamine groups is 1. The smallest absolute Gasteiger partial charge is 0.354 e. The van der Waals surface area contributed by atoms with E-state index in [2.05, 4.69) is 59.6 Å². The van der Waals surface area contributed by atoms with Gasteiger partial charge in [0.25, 0.3) is 0 Å². The van der Waals surface area contributed by atoms with Crippen LogP contribution >= 0.6 is 11.8 Å². The Balaban J connectivity index is 1.28. The minimum absolute atomic E-state index is 0.418. The Kier molecular flexibility index (Phi) is 10.7. The van der Waals surface area contributed by atoms with Gasteiger partial charge in [-0.1, -0.05) is 54.6 Å². The Morgan fingerprint density at radius 3 is 2.36 bits per heavy atom. The molecule has 4 rings (SSSR count). The minimum Gasteiger partial charge on any atom is -0.492 e. The predicted octanol–water partition coefficient (Wildman–Crippen LogP) is 6.46. The molecular weight excluding hydrogens is 508 g/mol. The third-order valence-corrected chi connectivity index (χ3v) is 7.18. The van der Waals surface area contributed by atoms with E-state index in [0.29, 0.717) is 26.2 Å². The van der Waals surface area contributed by atoms with Crippen LogP contribution in [0.4, 0.5) is 0 Å². The molecule has 3 aromatic carbocycles. The van der Waals surface area contributed by atoms with E-state index in [0.717, 1.165) is 23.4 Å². The van der Waals surface area contributed by atoms with Crippen molar-refractivity contribution in [2.45, 2.75) is 44.4 Å². The standard InChI is InChI=1S/C32H36N2O4S/c1-4-36-31(32(35)38-33-23-26-8-6-5-7-9-26)22-25-11-15-28(16-12-25)37-21-20-34-24(2)10-19-30(34)27-13-17-29(39-3)18-14-27/h5-19,31,33H,4,20-23H2,1-3H3/t31-/m0/s1. The summed E-state index contributed by atoms with van der Waals surface area (Å²) in [6.07, 6.45) is 1.81. The first-order valence-electron chi connectivity index (χ1n) is 13.2. The largest absolute Gasteiger partial charge is 0.492 e. The van der Waals surface area contributed by atoms with Crippen LogP contribution in [0, 0.1) is 6.92 Å². The quantitative estimate of drug-likeness (QED) is 0.145. The molecule has 0 unspecified atom stereocenters. The summed E-state index contributed by atoms with van der Waals surface area (Å²) < 4.78 is 14.0. The third kappa shape index (κ3) is 8.23. The van der Waals surface area contributed by atoms with Crippen molar-refractivity contribution in [2.24, 2.45) is 0 Å². The number of thioether (sulfide) groups is 1. The maximum atomic E-state index is 12.6. The number of nitrogens with zero attached hydrogens (tertiary/aromatic N) is 1. The number of aryl methyl sites for hydroxylation is 1. The van der Waals surface area contributed by atoms with E-state index in [9.17, 15) is 4.79 Å². The average Bonchev–Trinajstić information content (AvgIpc) is 3.34. The lowest BCUT2D eigenvalue weighted by Gasteiger charge is -2.16. The molecule has 0 aliphatic carbocycles. The van der Waals surface area contributed by atoms with Crippen LogP contribution in [0.2, 0.25) is 0 Å². The number of hydrogen-bond acceptors (Lipinski definition) is 6. The first-order chi connectivity index (χ1) is 19.1. The molecule has 7 heteroatoms. The number of carbonyl (C=O) groups is 1. The zero-order valence-electron chi connectivity index (χ0n) is 22.8. The number of ether oxygens (including phenoxy) is 2. The van der Waals surface area contributed by atoms with Gasteiger partial charge in [0.2, 0.25) is 0 Å². The molecule has 1 N–H and O–H groups in total. The van der Waals surface area contributed by atoms with Crippen molar-refractivity contribution >= 4 is 17.7 Å². The summed E-state index contributed by atoms with van der Waals surface area (Å²) in [7, 11) is 0. The van der Waals surface area contributed by atoms with Crippen LogP contribution in [-0.2, 0) is 33.9 Å². The molecule has 0 bridgehead atoms. The summed E-state index contributed by atoms with van der Waals surface area (Å²) >= 11 is 1.74. The number of carbonyl (C=O) groups excluding carboxylic acids is 1. The molecule has 1 heterocycles. The van der Waals surface area contributed by atoms with Crippen molar-refractivity contribution in [2.75, 3.05) is 19.5 Å². The minimum atomic E-state index is -0.690. The van der Waals surface area contributed by atoms with Crippen LogP contribution in [-0.4, -0.2) is 36.1 Å². The van der Waals surface area contributed by atoms with Crippen LogP contribution < -0.4 is 10.2 Å². The Labute approximate surface area is 235 Å². The zero-order valence-corrected chi connectivity index (χ0v) is 23.6. The van der Waals surface area contributed by atoms with E-state index >= 15 is 0 Å². The molecule has 4 aromatic rings. The summed E-state index contributed by atoms with van der Waals surface area (Å²) in [6, 6.07) is 30.5. The van der Waals surface area contributed by atoms with Gasteiger partial charge in [0.05, 0.1) is 13.1 Å². The van der Waals surface area contributed by atoms with Gasteiger partial charge >= 0.3 is 5.97 Å². The molecule has 0 saturated heterocycles. The van der Waals surface area contributed by atoms with Crippen molar-refractivity contribution < 1.29 is 19.1 Å². The summed E-state index contributed by atoms with van der Waals surface area (Å²) in [6.45, 7) is 6.13. The molecular formula is C32H36N2O4S. The number of rotatable bonds is 14. The Morgan fingerprint density at radius 2 is 1.67 bits per heavy atom. The number of hydrogen-bond donors (Lipinski definition) is 1. The second kappa shape index (κ2) is 14.6. The maximum Gasteiger partial charge on any atom is 0.354 e. The molecule has 0 aliphatic heterocycles. The van der Waals surface area contributed by atoms with E-state index in [1.165, 1.54) is 21.8 Å². The van der Waals surface area contributed by atoms with Gasteiger partial charge in [-0.25, -0.2) is 4.79 Å². The molecule has 0 aliphatic rings. The third-order valence-electron chi connectivity index (χ3n) is 6.44. The monoisotopic (exact) mass is 544 g/mol. The van der Waals surface area contributed by atoms with E-state index in [4.69, 9.17) is 14.3 Å². The Hall–Kier alpha value is -3.52. The fourth-order valence-electron chi connectivity index (χ4n) is 4.33. The molecule has 1 atom stereocenters. The van der Waals surface area contributed by atoms with Crippen LogP contribution in [0.1, 0.15) is 23.7 Å². The van der Waals surface area contributed by atoms with Crippen LogP contribution in [0.25, 0.3) is 11.3 Å². The molecule has 6 nitrogen and oxygen atoms in total. The molecule has 1 aromatic heterocycles. The summed E-state index contributed by atoms with van der Waals surface area (Å²) in [4.78, 5) is 19.1. The van der Waals surface area contributed by atoms with Crippen molar-refractivity contribution in [1.29, 1.82) is 0 Å². The van der Waals surface area contributed by atoms with Crippen molar-refractivity contribution in [1.82, 2.24) is 10.0 Å². The highest BCUT2D eigenvalue weighted by molar-refractivity contribution is 7.98. The van der Waals surface area contributed by atoms with Crippen LogP contribution in [0.15, 0.2) is 95.9 Å². The molecule has 204 valence electrons. The first kappa shape index (κ1) is 28.5. The summed E-state index contributed by atoms with van der Waals surface area (Å²) in [5, 5.41) is 0. The molecule has 0 radical (unpaired) electrons. The first-order valence-corrected chi connectivity index (χ1v) is 14.4. The van der Waals surface area contributed by atoms with Gasteiger partial charge in [-0.3, -0.25) is 0 Å². The predicted molar refractivity (Wildman–Crippen MR) is 157 cm³/mol. The Morgan fingerprint density at radius 1 is 0.923 bits per heavy atom. The number of benzene rings is 3. The maximum absolute atomic E-state index is 12.6. The summed E-state index contributed by atoms with van der Waals surface area (Å²) in [5.74, 6) is 0.351. The molecule has 0 amide bonds. The van der Waals surface area contributed by atoms with E-state index in [1.54, 1.807) is 11.8 Å². The number of nitrogens with one attached hydrogen (secondary N) is 1. The number of aromatic nitrogens is 1. The van der Waals surface area contributed by atoms with Crippen molar-refractivity contribution in [3.05, 3.63) is 108 Å². The average molecular weight is 545 g/mol.